The maximum Gasteiger partial charge on any atom is 0.335 e. The minimum absolute atomic E-state index is 0.199. The Morgan fingerprint density at radius 2 is 1.62 bits per heavy atom. The van der Waals surface area contributed by atoms with Crippen LogP contribution in [0.3, 0.4) is 0 Å². The molecule has 1 N–H and O–H groups in total. The second kappa shape index (κ2) is 8.86. The van der Waals surface area contributed by atoms with Crippen LogP contribution in [0.5, 0.6) is 11.5 Å². The van der Waals surface area contributed by atoms with E-state index in [9.17, 15) is 9.90 Å². The monoisotopic (exact) mass is 394 g/mol. The van der Waals surface area contributed by atoms with E-state index in [1.165, 1.54) is 6.08 Å². The van der Waals surface area contributed by atoms with Crippen molar-refractivity contribution in [1.29, 1.82) is 0 Å². The van der Waals surface area contributed by atoms with E-state index in [2.05, 4.69) is 47.3 Å². The van der Waals surface area contributed by atoms with Crippen LogP contribution in [-0.4, -0.2) is 11.1 Å². The SMILES string of the molecule is C=CC(=O)Oc1c(Cc2cc(C)cc(CC(C)C)c2O)cc(C)cc1C(C)(C)C. The van der Waals surface area contributed by atoms with E-state index >= 15 is 0 Å². The quantitative estimate of drug-likeness (QED) is 0.361. The molecule has 0 amide bonds. The van der Waals surface area contributed by atoms with Crippen molar-refractivity contribution >= 4 is 5.97 Å². The lowest BCUT2D eigenvalue weighted by atomic mass is 9.83. The summed E-state index contributed by atoms with van der Waals surface area (Å²) in [6.07, 6.45) is 2.49. The zero-order chi connectivity index (χ0) is 21.9. The number of esters is 1. The second-order valence-corrected chi connectivity index (χ2v) is 9.38. The third-order valence-corrected chi connectivity index (χ3v) is 4.91. The molecule has 0 aromatic heterocycles. The van der Waals surface area contributed by atoms with Crippen LogP contribution >= 0.6 is 0 Å². The predicted molar refractivity (Wildman–Crippen MR) is 120 cm³/mol. The smallest absolute Gasteiger partial charge is 0.335 e. The highest BCUT2D eigenvalue weighted by Crippen LogP contribution is 2.38. The Morgan fingerprint density at radius 3 is 2.17 bits per heavy atom. The Labute approximate surface area is 175 Å². The van der Waals surface area contributed by atoms with E-state index in [1.807, 2.05) is 32.0 Å². The molecule has 156 valence electrons. The van der Waals surface area contributed by atoms with Gasteiger partial charge in [0.1, 0.15) is 11.5 Å². The number of hydrogen-bond acceptors (Lipinski definition) is 3. The predicted octanol–water partition coefficient (Wildman–Crippen LogP) is 6.19. The molecule has 0 radical (unpaired) electrons. The van der Waals surface area contributed by atoms with Gasteiger partial charge in [-0.2, -0.15) is 0 Å². The summed E-state index contributed by atoms with van der Waals surface area (Å²) in [6.45, 7) is 18.2. The van der Waals surface area contributed by atoms with E-state index in [1.54, 1.807) is 0 Å². The average molecular weight is 395 g/mol. The Morgan fingerprint density at radius 1 is 1.07 bits per heavy atom. The van der Waals surface area contributed by atoms with Crippen molar-refractivity contribution in [3.05, 3.63) is 70.3 Å². The van der Waals surface area contributed by atoms with Crippen molar-refractivity contribution in [2.75, 3.05) is 0 Å². The fourth-order valence-corrected chi connectivity index (χ4v) is 3.67. The Bertz CT molecular complexity index is 915. The maximum absolute atomic E-state index is 12.1. The highest BCUT2D eigenvalue weighted by molar-refractivity contribution is 5.84. The zero-order valence-electron chi connectivity index (χ0n) is 18.8. The molecule has 3 heteroatoms. The lowest BCUT2D eigenvalue weighted by molar-refractivity contribution is -0.129. The summed E-state index contributed by atoms with van der Waals surface area (Å²) in [6, 6.07) is 8.16. The van der Waals surface area contributed by atoms with E-state index in [0.717, 1.165) is 39.8 Å². The molecule has 0 fully saturated rings. The Kier molecular flexibility index (Phi) is 6.94. The molecular weight excluding hydrogens is 360 g/mol. The summed E-state index contributed by atoms with van der Waals surface area (Å²) in [7, 11) is 0. The summed E-state index contributed by atoms with van der Waals surface area (Å²) in [4.78, 5) is 12.1. The molecule has 0 saturated carbocycles. The molecule has 0 aliphatic carbocycles. The molecule has 2 aromatic carbocycles. The first kappa shape index (κ1) is 22.7. The van der Waals surface area contributed by atoms with Crippen molar-refractivity contribution in [3.63, 3.8) is 0 Å². The summed E-state index contributed by atoms with van der Waals surface area (Å²) in [5.74, 6) is 0.879. The molecule has 0 heterocycles. The van der Waals surface area contributed by atoms with Crippen LogP contribution in [0.15, 0.2) is 36.9 Å². The summed E-state index contributed by atoms with van der Waals surface area (Å²) in [5.41, 5.74) is 5.68. The third-order valence-electron chi connectivity index (χ3n) is 4.91. The first-order valence-corrected chi connectivity index (χ1v) is 10.2. The van der Waals surface area contributed by atoms with Crippen LogP contribution in [0.4, 0.5) is 0 Å². The number of carbonyl (C=O) groups is 1. The van der Waals surface area contributed by atoms with Gasteiger partial charge in [-0.3, -0.25) is 0 Å². The van der Waals surface area contributed by atoms with Crippen molar-refractivity contribution < 1.29 is 14.6 Å². The summed E-state index contributed by atoms with van der Waals surface area (Å²) < 4.78 is 5.71. The number of ether oxygens (including phenoxy) is 1. The van der Waals surface area contributed by atoms with Crippen LogP contribution in [0.25, 0.3) is 0 Å². The molecule has 3 nitrogen and oxygen atoms in total. The largest absolute Gasteiger partial charge is 0.507 e. The van der Waals surface area contributed by atoms with Crippen LogP contribution in [0, 0.1) is 19.8 Å². The van der Waals surface area contributed by atoms with E-state index < -0.39 is 5.97 Å². The Balaban J connectivity index is 2.63. The molecule has 0 saturated heterocycles. The van der Waals surface area contributed by atoms with Crippen molar-refractivity contribution in [2.24, 2.45) is 5.92 Å². The number of benzene rings is 2. The van der Waals surface area contributed by atoms with Gasteiger partial charge in [-0.15, -0.1) is 0 Å². The Hall–Kier alpha value is -2.55. The van der Waals surface area contributed by atoms with Gasteiger partial charge >= 0.3 is 5.97 Å². The first-order valence-electron chi connectivity index (χ1n) is 10.2. The summed E-state index contributed by atoms with van der Waals surface area (Å²) in [5, 5.41) is 10.9. The fourth-order valence-electron chi connectivity index (χ4n) is 3.67. The highest BCUT2D eigenvalue weighted by atomic mass is 16.5. The van der Waals surface area contributed by atoms with E-state index in [4.69, 9.17) is 4.74 Å². The number of phenols is 1. The van der Waals surface area contributed by atoms with Gasteiger partial charge in [0.05, 0.1) is 0 Å². The number of aromatic hydroxyl groups is 1. The molecular formula is C26H34O3. The molecule has 0 bridgehead atoms. The zero-order valence-corrected chi connectivity index (χ0v) is 18.8. The van der Waals surface area contributed by atoms with Gasteiger partial charge in [-0.05, 0) is 48.3 Å². The molecule has 2 aromatic rings. The molecule has 2 rings (SSSR count). The number of rotatable bonds is 6. The van der Waals surface area contributed by atoms with Crippen LogP contribution in [0.1, 0.15) is 68.0 Å². The number of aryl methyl sites for hydroxylation is 2. The van der Waals surface area contributed by atoms with Gasteiger partial charge in [-0.25, -0.2) is 4.79 Å². The standard InChI is InChI=1S/C26H34O3/c1-9-23(27)29-25-21(13-18(5)14-22(25)26(6,7)8)15-20-12-17(4)11-19(24(20)28)10-16(2)3/h9,11-14,16,28H,1,10,15H2,2-8H3. The highest BCUT2D eigenvalue weighted by Gasteiger charge is 2.24. The molecule has 0 spiro atoms. The van der Waals surface area contributed by atoms with Crippen molar-refractivity contribution in [2.45, 2.75) is 66.7 Å². The van der Waals surface area contributed by atoms with Gasteiger partial charge in [-0.1, -0.05) is 76.6 Å². The van der Waals surface area contributed by atoms with Crippen LogP contribution in [0.2, 0.25) is 0 Å². The van der Waals surface area contributed by atoms with Gasteiger partial charge in [0.25, 0.3) is 0 Å². The number of hydrogen-bond donors (Lipinski definition) is 1. The lowest BCUT2D eigenvalue weighted by Crippen LogP contribution is -2.17. The first-order chi connectivity index (χ1) is 13.4. The minimum atomic E-state index is -0.477. The average Bonchev–Trinajstić information content (AvgIpc) is 2.59. The van der Waals surface area contributed by atoms with Crippen LogP contribution < -0.4 is 4.74 Å². The lowest BCUT2D eigenvalue weighted by Gasteiger charge is -2.25. The van der Waals surface area contributed by atoms with Crippen LogP contribution in [-0.2, 0) is 23.1 Å². The fraction of sp³-hybridized carbons (Fsp3) is 0.423. The molecule has 29 heavy (non-hydrogen) atoms. The van der Waals surface area contributed by atoms with Gasteiger partial charge < -0.3 is 9.84 Å². The van der Waals surface area contributed by atoms with Gasteiger partial charge in [0.2, 0.25) is 0 Å². The van der Waals surface area contributed by atoms with Crippen molar-refractivity contribution in [3.8, 4) is 11.5 Å². The van der Waals surface area contributed by atoms with E-state index in [-0.39, 0.29) is 5.41 Å². The molecule has 0 atom stereocenters. The second-order valence-electron chi connectivity index (χ2n) is 9.38. The normalized spacial score (nSPS) is 11.6. The molecule has 0 unspecified atom stereocenters. The third kappa shape index (κ3) is 5.72. The molecule has 0 aliphatic rings. The summed E-state index contributed by atoms with van der Waals surface area (Å²) >= 11 is 0. The van der Waals surface area contributed by atoms with Gasteiger partial charge in [0.15, 0.2) is 0 Å². The number of carbonyl (C=O) groups excluding carboxylic acids is 1. The maximum atomic E-state index is 12.1. The topological polar surface area (TPSA) is 46.5 Å². The number of phenolic OH excluding ortho intramolecular Hbond substituents is 1. The molecule has 0 aliphatic heterocycles. The van der Waals surface area contributed by atoms with E-state index in [0.29, 0.717) is 23.8 Å². The van der Waals surface area contributed by atoms with Gasteiger partial charge in [0, 0.05) is 18.1 Å². The minimum Gasteiger partial charge on any atom is -0.507 e. The van der Waals surface area contributed by atoms with Crippen molar-refractivity contribution in [1.82, 2.24) is 0 Å².